The van der Waals surface area contributed by atoms with Crippen molar-refractivity contribution in [2.75, 3.05) is 39.9 Å². The van der Waals surface area contributed by atoms with Gasteiger partial charge in [-0.3, -0.25) is 0 Å². The fourth-order valence-corrected chi connectivity index (χ4v) is 4.50. The topological polar surface area (TPSA) is 77.1 Å². The molecule has 7 nitrogen and oxygen atoms in total. The second-order valence-corrected chi connectivity index (χ2v) is 8.60. The van der Waals surface area contributed by atoms with E-state index in [1.54, 1.807) is 43.0 Å². The van der Waals surface area contributed by atoms with E-state index < -0.39 is 18.1 Å². The zero-order chi connectivity index (χ0) is 24.0. The number of rotatable bonds is 8. The van der Waals surface area contributed by atoms with Crippen molar-refractivity contribution in [1.29, 1.82) is 0 Å². The summed E-state index contributed by atoms with van der Waals surface area (Å²) in [6.07, 6.45) is 2.98. The number of halogens is 1. The van der Waals surface area contributed by atoms with Crippen LogP contribution in [-0.4, -0.2) is 62.8 Å². The summed E-state index contributed by atoms with van der Waals surface area (Å²) < 4.78 is 29.5. The normalized spacial score (nSPS) is 15.9. The minimum atomic E-state index is -0.754. The molecule has 0 saturated carbocycles. The fraction of sp³-hybridized carbons (Fsp3) is 0.417. The van der Waals surface area contributed by atoms with E-state index in [0.717, 1.165) is 16.7 Å². The van der Waals surface area contributed by atoms with Gasteiger partial charge in [0.25, 0.3) is 0 Å². The number of thioether (sulfide) groups is 1. The summed E-state index contributed by atoms with van der Waals surface area (Å²) in [5.74, 6) is 0.995. The lowest BCUT2D eigenvalue weighted by Gasteiger charge is -2.38. The summed E-state index contributed by atoms with van der Waals surface area (Å²) in [6, 6.07) is 8.20. The molecule has 3 rings (SSSR count). The molecule has 0 aliphatic carbocycles. The van der Waals surface area contributed by atoms with E-state index in [2.05, 4.69) is 5.32 Å². The first kappa shape index (κ1) is 24.7. The monoisotopic (exact) mass is 476 g/mol. The van der Waals surface area contributed by atoms with Crippen molar-refractivity contribution in [3.63, 3.8) is 0 Å². The molecule has 33 heavy (non-hydrogen) atoms. The highest BCUT2D eigenvalue weighted by atomic mass is 32.2. The molecule has 0 spiro atoms. The van der Waals surface area contributed by atoms with Crippen LogP contribution >= 0.6 is 11.8 Å². The van der Waals surface area contributed by atoms with Gasteiger partial charge in [-0.2, -0.15) is 11.8 Å². The predicted octanol–water partition coefficient (Wildman–Crippen LogP) is 3.79. The summed E-state index contributed by atoms with van der Waals surface area (Å²) in [6.45, 7) is 0.410. The predicted molar refractivity (Wildman–Crippen MR) is 126 cm³/mol. The van der Waals surface area contributed by atoms with Gasteiger partial charge in [-0.05, 0) is 65.8 Å². The van der Waals surface area contributed by atoms with Crippen LogP contribution < -0.4 is 14.8 Å². The maximum absolute atomic E-state index is 13.7. The molecular weight excluding hydrogens is 447 g/mol. The number of ether oxygens (including phenoxy) is 3. The van der Waals surface area contributed by atoms with Gasteiger partial charge in [0.05, 0.1) is 27.4 Å². The number of amides is 2. The Bertz CT molecular complexity index is 986. The molecule has 1 aliphatic heterocycles. The highest BCUT2D eigenvalue weighted by molar-refractivity contribution is 7.98. The molecule has 0 saturated heterocycles. The van der Waals surface area contributed by atoms with E-state index in [4.69, 9.17) is 14.2 Å². The highest BCUT2D eigenvalue weighted by Gasteiger charge is 2.35. The second-order valence-electron chi connectivity index (χ2n) is 7.61. The van der Waals surface area contributed by atoms with E-state index in [1.807, 2.05) is 18.4 Å². The van der Waals surface area contributed by atoms with Gasteiger partial charge in [-0.15, -0.1) is 0 Å². The molecule has 2 unspecified atom stereocenters. The number of carbonyl (C=O) groups is 2. The van der Waals surface area contributed by atoms with Gasteiger partial charge in [0.15, 0.2) is 11.5 Å². The standard InChI is InChI=1S/C24H29FN2O5S/c1-30-20-13-16-9-11-27(24(29)26-19(10-12-33-4)23(28)32-3)22(18(16)14-21(20)31-2)15-5-7-17(25)8-6-15/h5-8,13-14,19,22H,9-12H2,1-4H3,(H,26,29). The largest absolute Gasteiger partial charge is 0.493 e. The summed E-state index contributed by atoms with van der Waals surface area (Å²) in [5, 5.41) is 2.83. The molecule has 0 radical (unpaired) electrons. The van der Waals surface area contributed by atoms with Crippen molar-refractivity contribution in [3.05, 3.63) is 58.9 Å². The van der Waals surface area contributed by atoms with Gasteiger partial charge >= 0.3 is 12.0 Å². The number of esters is 1. The molecule has 1 N–H and O–H groups in total. The summed E-state index contributed by atoms with van der Waals surface area (Å²) >= 11 is 1.58. The van der Waals surface area contributed by atoms with E-state index >= 15 is 0 Å². The Morgan fingerprint density at radius 1 is 1.15 bits per heavy atom. The van der Waals surface area contributed by atoms with E-state index in [9.17, 15) is 14.0 Å². The lowest BCUT2D eigenvalue weighted by molar-refractivity contribution is -0.142. The number of carbonyl (C=O) groups excluding carboxylic acids is 2. The van der Waals surface area contributed by atoms with Crippen LogP contribution in [0.3, 0.4) is 0 Å². The lowest BCUT2D eigenvalue weighted by atomic mass is 9.87. The molecule has 2 aromatic carbocycles. The molecule has 2 amide bonds. The summed E-state index contributed by atoms with van der Waals surface area (Å²) in [7, 11) is 4.43. The van der Waals surface area contributed by atoms with Gasteiger partial charge in [0.1, 0.15) is 11.9 Å². The number of hydrogen-bond donors (Lipinski definition) is 1. The quantitative estimate of drug-likeness (QED) is 0.584. The van der Waals surface area contributed by atoms with Gasteiger partial charge in [0, 0.05) is 6.54 Å². The third-order valence-corrected chi connectivity index (χ3v) is 6.36. The lowest BCUT2D eigenvalue weighted by Crippen LogP contribution is -2.51. The van der Waals surface area contributed by atoms with Gasteiger partial charge < -0.3 is 24.4 Å². The first-order valence-corrected chi connectivity index (χ1v) is 12.0. The maximum atomic E-state index is 13.7. The second kappa shape index (κ2) is 11.3. The van der Waals surface area contributed by atoms with Crippen molar-refractivity contribution in [1.82, 2.24) is 10.2 Å². The Labute approximate surface area is 197 Å². The van der Waals surface area contributed by atoms with Crippen LogP contribution in [0.4, 0.5) is 9.18 Å². The molecule has 1 aliphatic rings. The molecular formula is C24H29FN2O5S. The molecule has 178 valence electrons. The van der Waals surface area contributed by atoms with Gasteiger partial charge in [-0.1, -0.05) is 12.1 Å². The Morgan fingerprint density at radius 2 is 1.82 bits per heavy atom. The minimum absolute atomic E-state index is 0.360. The van der Waals surface area contributed by atoms with E-state index in [1.165, 1.54) is 19.2 Å². The minimum Gasteiger partial charge on any atom is -0.493 e. The number of urea groups is 1. The van der Waals surface area contributed by atoms with Crippen molar-refractivity contribution < 1.29 is 28.2 Å². The summed E-state index contributed by atoms with van der Waals surface area (Å²) in [4.78, 5) is 27.3. The maximum Gasteiger partial charge on any atom is 0.328 e. The van der Waals surface area contributed by atoms with Gasteiger partial charge in [-0.25, -0.2) is 14.0 Å². The first-order chi connectivity index (χ1) is 15.9. The van der Waals surface area contributed by atoms with Crippen LogP contribution in [0.2, 0.25) is 0 Å². The molecule has 0 aromatic heterocycles. The van der Waals surface area contributed by atoms with Gasteiger partial charge in [0.2, 0.25) is 0 Å². The highest BCUT2D eigenvalue weighted by Crippen LogP contribution is 2.41. The van der Waals surface area contributed by atoms with Crippen LogP contribution in [0.5, 0.6) is 11.5 Å². The Balaban J connectivity index is 2.01. The number of fused-ring (bicyclic) bond motifs is 1. The van der Waals surface area contributed by atoms with Crippen LogP contribution in [0.25, 0.3) is 0 Å². The number of benzene rings is 2. The third kappa shape index (κ3) is 5.52. The number of nitrogens with one attached hydrogen (secondary N) is 1. The van der Waals surface area contributed by atoms with Crippen molar-refractivity contribution >= 4 is 23.8 Å². The molecule has 9 heteroatoms. The molecule has 0 fully saturated rings. The van der Waals surface area contributed by atoms with Crippen molar-refractivity contribution in [2.24, 2.45) is 0 Å². The number of methoxy groups -OCH3 is 3. The number of hydrogen-bond acceptors (Lipinski definition) is 6. The van der Waals surface area contributed by atoms with Crippen molar-refractivity contribution in [3.8, 4) is 11.5 Å². The fourth-order valence-electron chi connectivity index (χ4n) is 4.03. The van der Waals surface area contributed by atoms with Crippen LogP contribution in [-0.2, 0) is 16.0 Å². The zero-order valence-corrected chi connectivity index (χ0v) is 20.0. The van der Waals surface area contributed by atoms with E-state index in [-0.39, 0.29) is 11.8 Å². The SMILES string of the molecule is COC(=O)C(CCSC)NC(=O)N1CCc2cc(OC)c(OC)cc2C1c1ccc(F)cc1. The summed E-state index contributed by atoms with van der Waals surface area (Å²) in [5.41, 5.74) is 2.62. The van der Waals surface area contributed by atoms with Crippen LogP contribution in [0, 0.1) is 5.82 Å². The average Bonchev–Trinajstić information content (AvgIpc) is 2.84. The molecule has 1 heterocycles. The molecule has 2 aromatic rings. The Morgan fingerprint density at radius 3 is 2.42 bits per heavy atom. The van der Waals surface area contributed by atoms with E-state index in [0.29, 0.717) is 36.6 Å². The molecule has 0 bridgehead atoms. The Kier molecular flexibility index (Phi) is 8.43. The number of nitrogens with zero attached hydrogens (tertiary/aromatic N) is 1. The van der Waals surface area contributed by atoms with Crippen LogP contribution in [0.1, 0.15) is 29.2 Å². The zero-order valence-electron chi connectivity index (χ0n) is 19.2. The average molecular weight is 477 g/mol. The van der Waals surface area contributed by atoms with Crippen molar-refractivity contribution in [2.45, 2.75) is 24.9 Å². The molecule has 2 atom stereocenters. The smallest absolute Gasteiger partial charge is 0.328 e. The first-order valence-electron chi connectivity index (χ1n) is 10.6. The van der Waals surface area contributed by atoms with Crippen LogP contribution in [0.15, 0.2) is 36.4 Å². The Hall–Kier alpha value is -2.94. The third-order valence-electron chi connectivity index (χ3n) is 5.71.